The van der Waals surface area contributed by atoms with Crippen molar-refractivity contribution in [3.63, 3.8) is 0 Å². The standard InChI is InChI=1S/C10H18O4.2C5H6N2/c11-9(12)7-5-3-1-2-4-6-8-10(13)14;2*6-5-3-1-2-4-7-5/h1-8H2,(H,11,12)(H,13,14);2*1-4H,(H2,6,7). The SMILES string of the molecule is Nc1cccc[nH+]1.Nc1cccc[nH+]1.O=C([O-])CCCCCCCCC(=O)[O-]. The number of hydrogen-bond acceptors (Lipinski definition) is 6. The number of pyridine rings is 2. The van der Waals surface area contributed by atoms with Gasteiger partial charge in [0, 0.05) is 24.1 Å². The van der Waals surface area contributed by atoms with E-state index in [1.165, 1.54) is 0 Å². The molecule has 2 aromatic heterocycles. The summed E-state index contributed by atoms with van der Waals surface area (Å²) in [6.45, 7) is 0. The quantitative estimate of drug-likeness (QED) is 0.562. The highest BCUT2D eigenvalue weighted by Gasteiger charge is 1.92. The molecule has 0 saturated carbocycles. The molecule has 2 heterocycles. The number of anilines is 2. The molecular weight excluding hydrogens is 360 g/mol. The Labute approximate surface area is 165 Å². The monoisotopic (exact) mass is 390 g/mol. The van der Waals surface area contributed by atoms with Gasteiger partial charge in [-0.2, -0.15) is 0 Å². The molecule has 28 heavy (non-hydrogen) atoms. The van der Waals surface area contributed by atoms with Crippen LogP contribution in [0.2, 0.25) is 0 Å². The van der Waals surface area contributed by atoms with E-state index in [4.69, 9.17) is 11.5 Å². The first kappa shape index (κ1) is 24.8. The van der Waals surface area contributed by atoms with Gasteiger partial charge in [0.25, 0.3) is 11.6 Å². The molecule has 0 fully saturated rings. The summed E-state index contributed by atoms with van der Waals surface area (Å²) >= 11 is 0. The van der Waals surface area contributed by atoms with Gasteiger partial charge in [-0.05, 0) is 37.8 Å². The van der Waals surface area contributed by atoms with Crippen LogP contribution in [-0.2, 0) is 9.59 Å². The minimum Gasteiger partial charge on any atom is -0.550 e. The number of nitrogen functional groups attached to an aromatic ring is 2. The maximum Gasteiger partial charge on any atom is 0.269 e. The summed E-state index contributed by atoms with van der Waals surface area (Å²) in [5.41, 5.74) is 10.6. The zero-order valence-corrected chi connectivity index (χ0v) is 16.1. The van der Waals surface area contributed by atoms with E-state index < -0.39 is 11.9 Å². The van der Waals surface area contributed by atoms with Crippen molar-refractivity contribution in [2.75, 3.05) is 11.5 Å². The lowest BCUT2D eigenvalue weighted by atomic mass is 10.1. The number of nitrogens with two attached hydrogens (primary N) is 2. The molecule has 0 radical (unpaired) electrons. The van der Waals surface area contributed by atoms with Crippen LogP contribution in [0.1, 0.15) is 51.4 Å². The number of H-pyrrole nitrogens is 2. The summed E-state index contributed by atoms with van der Waals surface area (Å²) in [6, 6.07) is 11.1. The second-order valence-corrected chi connectivity index (χ2v) is 6.00. The third-order valence-corrected chi connectivity index (χ3v) is 3.48. The van der Waals surface area contributed by atoms with Gasteiger partial charge in [0.15, 0.2) is 0 Å². The Morgan fingerprint density at radius 1 is 0.679 bits per heavy atom. The van der Waals surface area contributed by atoms with Crippen molar-refractivity contribution in [1.82, 2.24) is 0 Å². The summed E-state index contributed by atoms with van der Waals surface area (Å²) in [7, 11) is 0. The molecular formula is C20H30N4O4. The lowest BCUT2D eigenvalue weighted by Crippen LogP contribution is -2.21. The number of hydrogen-bond donors (Lipinski definition) is 2. The Kier molecular flexibility index (Phi) is 15.3. The van der Waals surface area contributed by atoms with Crippen molar-refractivity contribution in [3.05, 3.63) is 48.8 Å². The van der Waals surface area contributed by atoms with Gasteiger partial charge in [0.05, 0.1) is 12.4 Å². The van der Waals surface area contributed by atoms with Gasteiger partial charge in [0.1, 0.15) is 0 Å². The van der Waals surface area contributed by atoms with Crippen molar-refractivity contribution < 1.29 is 29.8 Å². The van der Waals surface area contributed by atoms with E-state index >= 15 is 0 Å². The van der Waals surface area contributed by atoms with Crippen molar-refractivity contribution in [1.29, 1.82) is 0 Å². The first-order valence-corrected chi connectivity index (χ1v) is 9.26. The number of carboxylic acids is 2. The zero-order chi connectivity index (χ0) is 21.0. The minimum atomic E-state index is -0.998. The molecule has 154 valence electrons. The van der Waals surface area contributed by atoms with Gasteiger partial charge < -0.3 is 19.8 Å². The Balaban J connectivity index is 0.000000431. The smallest absolute Gasteiger partial charge is 0.269 e. The van der Waals surface area contributed by atoms with E-state index in [1.807, 2.05) is 24.3 Å². The highest BCUT2D eigenvalue weighted by molar-refractivity contribution is 5.64. The summed E-state index contributed by atoms with van der Waals surface area (Å²) in [5, 5.41) is 20.1. The van der Waals surface area contributed by atoms with Crippen LogP contribution in [0.5, 0.6) is 0 Å². The number of rotatable bonds is 9. The minimum absolute atomic E-state index is 0.124. The predicted octanol–water partition coefficient (Wildman–Crippen LogP) is -0.227. The number of nitrogens with one attached hydrogen (secondary N) is 2. The highest BCUT2D eigenvalue weighted by Crippen LogP contribution is 2.07. The van der Waals surface area contributed by atoms with Crippen molar-refractivity contribution in [2.24, 2.45) is 0 Å². The number of carbonyl (C=O) groups is 2. The molecule has 0 spiro atoms. The van der Waals surface area contributed by atoms with Crippen LogP contribution < -0.4 is 31.6 Å². The van der Waals surface area contributed by atoms with Gasteiger partial charge in [-0.1, -0.05) is 37.8 Å². The average molecular weight is 390 g/mol. The maximum atomic E-state index is 10.0. The van der Waals surface area contributed by atoms with E-state index in [9.17, 15) is 19.8 Å². The number of carboxylic acid groups (broad SMARTS) is 2. The lowest BCUT2D eigenvalue weighted by molar-refractivity contribution is -0.360. The molecule has 0 atom stereocenters. The summed E-state index contributed by atoms with van der Waals surface area (Å²) < 4.78 is 0. The average Bonchev–Trinajstić information content (AvgIpc) is 2.66. The molecule has 0 amide bonds. The molecule has 8 heteroatoms. The first-order chi connectivity index (χ1) is 13.4. The van der Waals surface area contributed by atoms with E-state index in [-0.39, 0.29) is 12.8 Å². The fraction of sp³-hybridized carbons (Fsp3) is 0.400. The van der Waals surface area contributed by atoms with Gasteiger partial charge in [0.2, 0.25) is 0 Å². The van der Waals surface area contributed by atoms with Gasteiger partial charge in [-0.15, -0.1) is 0 Å². The lowest BCUT2D eigenvalue weighted by Gasteiger charge is -2.03. The molecule has 0 aliphatic carbocycles. The van der Waals surface area contributed by atoms with E-state index in [2.05, 4.69) is 9.97 Å². The second kappa shape index (κ2) is 17.3. The molecule has 0 aliphatic heterocycles. The fourth-order valence-electron chi connectivity index (χ4n) is 2.06. The molecule has 2 aromatic rings. The summed E-state index contributed by atoms with van der Waals surface area (Å²) in [5.74, 6) is -0.603. The number of carbonyl (C=O) groups excluding carboxylic acids is 2. The third-order valence-electron chi connectivity index (χ3n) is 3.48. The molecule has 8 nitrogen and oxygen atoms in total. The number of aromatic nitrogens is 2. The summed E-state index contributed by atoms with van der Waals surface area (Å²) in [4.78, 5) is 25.7. The normalized spacial score (nSPS) is 9.29. The van der Waals surface area contributed by atoms with Crippen molar-refractivity contribution >= 4 is 23.6 Å². The molecule has 0 bridgehead atoms. The fourth-order valence-corrected chi connectivity index (χ4v) is 2.06. The second-order valence-electron chi connectivity index (χ2n) is 6.00. The number of aliphatic carboxylic acids is 2. The molecule has 6 N–H and O–H groups in total. The Bertz CT molecular complexity index is 582. The largest absolute Gasteiger partial charge is 0.550 e. The van der Waals surface area contributed by atoms with Crippen LogP contribution in [0.25, 0.3) is 0 Å². The third kappa shape index (κ3) is 19.2. The number of unbranched alkanes of at least 4 members (excludes halogenated alkanes) is 5. The first-order valence-electron chi connectivity index (χ1n) is 9.26. The van der Waals surface area contributed by atoms with Crippen LogP contribution in [-0.4, -0.2) is 11.9 Å². The van der Waals surface area contributed by atoms with Crippen LogP contribution in [0.15, 0.2) is 48.8 Å². The predicted molar refractivity (Wildman–Crippen MR) is 102 cm³/mol. The maximum absolute atomic E-state index is 10.0. The number of aromatic amines is 2. The van der Waals surface area contributed by atoms with Crippen molar-refractivity contribution in [2.45, 2.75) is 51.4 Å². The van der Waals surface area contributed by atoms with Gasteiger partial charge in [-0.25, -0.2) is 9.97 Å². The Hall–Kier alpha value is -3.16. The Morgan fingerprint density at radius 2 is 1.04 bits per heavy atom. The molecule has 2 rings (SSSR count). The van der Waals surface area contributed by atoms with E-state index in [1.54, 1.807) is 24.5 Å². The molecule has 0 saturated heterocycles. The van der Waals surface area contributed by atoms with E-state index in [0.29, 0.717) is 24.5 Å². The molecule has 0 aliphatic rings. The highest BCUT2D eigenvalue weighted by atomic mass is 16.4. The summed E-state index contributed by atoms with van der Waals surface area (Å²) in [6.07, 6.45) is 8.80. The van der Waals surface area contributed by atoms with Crippen LogP contribution in [0.4, 0.5) is 11.6 Å². The van der Waals surface area contributed by atoms with Crippen LogP contribution in [0, 0.1) is 0 Å². The molecule has 0 aromatic carbocycles. The van der Waals surface area contributed by atoms with Crippen LogP contribution in [0.3, 0.4) is 0 Å². The Morgan fingerprint density at radius 3 is 1.25 bits per heavy atom. The van der Waals surface area contributed by atoms with Crippen molar-refractivity contribution in [3.8, 4) is 0 Å². The van der Waals surface area contributed by atoms with Gasteiger partial charge in [-0.3, -0.25) is 11.5 Å². The topological polar surface area (TPSA) is 161 Å². The van der Waals surface area contributed by atoms with Gasteiger partial charge >= 0.3 is 0 Å². The zero-order valence-electron chi connectivity index (χ0n) is 16.1. The van der Waals surface area contributed by atoms with Crippen LogP contribution >= 0.6 is 0 Å². The van der Waals surface area contributed by atoms with E-state index in [0.717, 1.165) is 25.7 Å². The molecule has 0 unspecified atom stereocenters.